The fourth-order valence-electron chi connectivity index (χ4n) is 2.90. The van der Waals surface area contributed by atoms with Crippen molar-refractivity contribution in [3.63, 3.8) is 0 Å². The maximum absolute atomic E-state index is 11.6. The topological polar surface area (TPSA) is 61.4 Å². The fraction of sp³-hybridized carbons (Fsp3) is 0.923. The van der Waals surface area contributed by atoms with Crippen molar-refractivity contribution in [3.05, 3.63) is 0 Å². The predicted octanol–water partition coefficient (Wildman–Crippen LogP) is 1.08. The van der Waals surface area contributed by atoms with Crippen molar-refractivity contribution in [2.75, 3.05) is 19.6 Å². The third-order valence-corrected chi connectivity index (χ3v) is 4.12. The molecule has 106 valence electrons. The second kappa shape index (κ2) is 7.97. The van der Waals surface area contributed by atoms with E-state index in [0.29, 0.717) is 19.5 Å². The standard InChI is InChI=1S/C13H24N2O2.ClH/c16-12-9-14-7-11(12)8-15-13(17)6-5-10-3-1-2-4-10;/h10-12,14,16H,1-9H2,(H,15,17);1H. The van der Waals surface area contributed by atoms with Gasteiger partial charge in [0.15, 0.2) is 0 Å². The average molecular weight is 277 g/mol. The van der Waals surface area contributed by atoms with Gasteiger partial charge in [-0.1, -0.05) is 25.7 Å². The molecule has 0 aromatic carbocycles. The lowest BCUT2D eigenvalue weighted by molar-refractivity contribution is -0.121. The van der Waals surface area contributed by atoms with E-state index in [-0.39, 0.29) is 30.3 Å². The molecule has 2 aliphatic rings. The van der Waals surface area contributed by atoms with Crippen molar-refractivity contribution in [2.45, 2.75) is 44.6 Å². The van der Waals surface area contributed by atoms with E-state index >= 15 is 0 Å². The van der Waals surface area contributed by atoms with Gasteiger partial charge in [-0.2, -0.15) is 0 Å². The number of aliphatic hydroxyl groups is 1. The molecule has 1 amide bonds. The predicted molar refractivity (Wildman–Crippen MR) is 73.8 cm³/mol. The Hall–Kier alpha value is -0.320. The Kier molecular flexibility index (Phi) is 6.97. The summed E-state index contributed by atoms with van der Waals surface area (Å²) in [6.45, 7) is 2.07. The zero-order chi connectivity index (χ0) is 12.1. The molecule has 2 unspecified atom stereocenters. The Morgan fingerprint density at radius 2 is 2.00 bits per heavy atom. The average Bonchev–Trinajstić information content (AvgIpc) is 2.95. The molecule has 1 aliphatic carbocycles. The van der Waals surface area contributed by atoms with Gasteiger partial charge in [0.1, 0.15) is 0 Å². The van der Waals surface area contributed by atoms with Crippen LogP contribution in [-0.4, -0.2) is 36.8 Å². The van der Waals surface area contributed by atoms with Crippen LogP contribution in [0.3, 0.4) is 0 Å². The first-order valence-corrected chi connectivity index (χ1v) is 6.91. The molecule has 2 rings (SSSR count). The van der Waals surface area contributed by atoms with Crippen LogP contribution < -0.4 is 10.6 Å². The van der Waals surface area contributed by atoms with E-state index < -0.39 is 0 Å². The number of amides is 1. The van der Waals surface area contributed by atoms with Crippen LogP contribution in [0, 0.1) is 11.8 Å². The lowest BCUT2D eigenvalue weighted by Gasteiger charge is -2.14. The van der Waals surface area contributed by atoms with Crippen LogP contribution in [0.5, 0.6) is 0 Å². The number of halogens is 1. The maximum atomic E-state index is 11.6. The van der Waals surface area contributed by atoms with Gasteiger partial charge in [0, 0.05) is 32.0 Å². The zero-order valence-corrected chi connectivity index (χ0v) is 11.7. The first kappa shape index (κ1) is 15.7. The molecule has 1 saturated heterocycles. The first-order valence-electron chi connectivity index (χ1n) is 6.91. The summed E-state index contributed by atoms with van der Waals surface area (Å²) in [6.07, 6.45) is 6.68. The van der Waals surface area contributed by atoms with Gasteiger partial charge in [0.05, 0.1) is 6.10 Å². The Balaban J connectivity index is 0.00000162. The van der Waals surface area contributed by atoms with E-state index in [1.54, 1.807) is 0 Å². The SMILES string of the molecule is Cl.O=C(CCC1CCCC1)NCC1CNCC1O. The van der Waals surface area contributed by atoms with Gasteiger partial charge in [0.25, 0.3) is 0 Å². The minimum absolute atomic E-state index is 0. The summed E-state index contributed by atoms with van der Waals surface area (Å²) in [5.74, 6) is 1.11. The van der Waals surface area contributed by atoms with Crippen LogP contribution in [0.4, 0.5) is 0 Å². The van der Waals surface area contributed by atoms with Crippen LogP contribution in [0.1, 0.15) is 38.5 Å². The summed E-state index contributed by atoms with van der Waals surface area (Å²) < 4.78 is 0. The summed E-state index contributed by atoms with van der Waals surface area (Å²) in [5, 5.41) is 15.7. The Labute approximate surface area is 115 Å². The van der Waals surface area contributed by atoms with Gasteiger partial charge < -0.3 is 15.7 Å². The zero-order valence-electron chi connectivity index (χ0n) is 10.9. The van der Waals surface area contributed by atoms with Crippen molar-refractivity contribution < 1.29 is 9.90 Å². The number of hydrogen-bond acceptors (Lipinski definition) is 3. The van der Waals surface area contributed by atoms with E-state index in [2.05, 4.69) is 10.6 Å². The molecule has 0 radical (unpaired) electrons. The molecule has 1 heterocycles. The third-order valence-electron chi connectivity index (χ3n) is 4.12. The third kappa shape index (κ3) is 4.75. The number of hydrogen-bond donors (Lipinski definition) is 3. The van der Waals surface area contributed by atoms with Crippen LogP contribution in [0.25, 0.3) is 0 Å². The number of carbonyl (C=O) groups excluding carboxylic acids is 1. The lowest BCUT2D eigenvalue weighted by atomic mass is 10.0. The first-order chi connectivity index (χ1) is 8.25. The van der Waals surface area contributed by atoms with E-state index in [1.165, 1.54) is 25.7 Å². The van der Waals surface area contributed by atoms with Crippen molar-refractivity contribution in [3.8, 4) is 0 Å². The molecule has 1 aliphatic heterocycles. The number of nitrogens with one attached hydrogen (secondary N) is 2. The van der Waals surface area contributed by atoms with E-state index in [9.17, 15) is 9.90 Å². The van der Waals surface area contributed by atoms with Gasteiger partial charge in [0.2, 0.25) is 5.91 Å². The lowest BCUT2D eigenvalue weighted by Crippen LogP contribution is -2.34. The fourth-order valence-corrected chi connectivity index (χ4v) is 2.90. The normalized spacial score (nSPS) is 28.1. The molecule has 0 aromatic rings. The Morgan fingerprint density at radius 3 is 2.61 bits per heavy atom. The molecule has 0 spiro atoms. The van der Waals surface area contributed by atoms with Crippen LogP contribution in [0.2, 0.25) is 0 Å². The molecule has 2 atom stereocenters. The summed E-state index contributed by atoms with van der Waals surface area (Å²) in [7, 11) is 0. The van der Waals surface area contributed by atoms with Gasteiger partial charge in [-0.3, -0.25) is 4.79 Å². The minimum atomic E-state index is -0.301. The number of rotatable bonds is 5. The highest BCUT2D eigenvalue weighted by molar-refractivity contribution is 5.85. The second-order valence-corrected chi connectivity index (χ2v) is 5.48. The second-order valence-electron chi connectivity index (χ2n) is 5.48. The van der Waals surface area contributed by atoms with Crippen molar-refractivity contribution in [2.24, 2.45) is 11.8 Å². The largest absolute Gasteiger partial charge is 0.391 e. The number of carbonyl (C=O) groups is 1. The van der Waals surface area contributed by atoms with E-state index in [0.717, 1.165) is 18.9 Å². The molecule has 0 bridgehead atoms. The highest BCUT2D eigenvalue weighted by Crippen LogP contribution is 2.28. The highest BCUT2D eigenvalue weighted by atomic mass is 35.5. The molecule has 5 heteroatoms. The maximum Gasteiger partial charge on any atom is 0.220 e. The summed E-state index contributed by atoms with van der Waals surface area (Å²) in [4.78, 5) is 11.6. The van der Waals surface area contributed by atoms with Gasteiger partial charge in [-0.05, 0) is 12.3 Å². The van der Waals surface area contributed by atoms with Crippen LogP contribution in [0.15, 0.2) is 0 Å². The molecule has 18 heavy (non-hydrogen) atoms. The van der Waals surface area contributed by atoms with E-state index in [1.807, 2.05) is 0 Å². The highest BCUT2D eigenvalue weighted by Gasteiger charge is 2.25. The van der Waals surface area contributed by atoms with Gasteiger partial charge in [-0.25, -0.2) is 0 Å². The smallest absolute Gasteiger partial charge is 0.220 e. The van der Waals surface area contributed by atoms with Gasteiger partial charge in [-0.15, -0.1) is 12.4 Å². The molecule has 4 nitrogen and oxygen atoms in total. The summed E-state index contributed by atoms with van der Waals surface area (Å²) in [5.41, 5.74) is 0. The van der Waals surface area contributed by atoms with Crippen molar-refractivity contribution >= 4 is 18.3 Å². The summed E-state index contributed by atoms with van der Waals surface area (Å²) >= 11 is 0. The quantitative estimate of drug-likeness (QED) is 0.704. The molecule has 3 N–H and O–H groups in total. The van der Waals surface area contributed by atoms with Crippen molar-refractivity contribution in [1.82, 2.24) is 10.6 Å². The Bertz CT molecular complexity index is 257. The molecule has 1 saturated carbocycles. The van der Waals surface area contributed by atoms with Crippen molar-refractivity contribution in [1.29, 1.82) is 0 Å². The van der Waals surface area contributed by atoms with Gasteiger partial charge >= 0.3 is 0 Å². The Morgan fingerprint density at radius 1 is 1.28 bits per heavy atom. The monoisotopic (exact) mass is 276 g/mol. The summed E-state index contributed by atoms with van der Waals surface area (Å²) in [6, 6.07) is 0. The molecular weight excluding hydrogens is 252 g/mol. The van der Waals surface area contributed by atoms with E-state index in [4.69, 9.17) is 0 Å². The molecular formula is C13H25ClN2O2. The minimum Gasteiger partial charge on any atom is -0.391 e. The van der Waals surface area contributed by atoms with Crippen LogP contribution >= 0.6 is 12.4 Å². The number of β-amino-alcohol motifs (C(OH)–C–C–N with tert-alkyl or cyclic N) is 1. The molecule has 2 fully saturated rings. The van der Waals surface area contributed by atoms with Crippen LogP contribution in [-0.2, 0) is 4.79 Å². The molecule has 0 aromatic heterocycles. The number of aliphatic hydroxyl groups excluding tert-OH is 1.